The van der Waals surface area contributed by atoms with E-state index in [0.29, 0.717) is 12.4 Å². The van der Waals surface area contributed by atoms with Crippen LogP contribution in [0.25, 0.3) is 0 Å². The molecular formula is C12H15N5O2. The summed E-state index contributed by atoms with van der Waals surface area (Å²) in [6.45, 7) is 2.37. The average Bonchev–Trinajstić information content (AvgIpc) is 2.75. The Morgan fingerprint density at radius 3 is 2.89 bits per heavy atom. The first-order valence-electron chi connectivity index (χ1n) is 5.89. The van der Waals surface area contributed by atoms with Crippen molar-refractivity contribution in [2.75, 3.05) is 11.9 Å². The number of rotatable bonds is 5. The van der Waals surface area contributed by atoms with Gasteiger partial charge in [-0.25, -0.2) is 9.97 Å². The molecule has 2 rings (SSSR count). The molecule has 2 aromatic rings. The second kappa shape index (κ2) is 5.47. The van der Waals surface area contributed by atoms with Crippen LogP contribution in [0.1, 0.15) is 11.4 Å². The Bertz CT molecular complexity index is 594. The Morgan fingerprint density at radius 1 is 1.47 bits per heavy atom. The lowest BCUT2D eigenvalue weighted by Gasteiger charge is -2.07. The van der Waals surface area contributed by atoms with E-state index in [2.05, 4.69) is 15.3 Å². The predicted molar refractivity (Wildman–Crippen MR) is 71.0 cm³/mol. The monoisotopic (exact) mass is 261 g/mol. The van der Waals surface area contributed by atoms with E-state index in [4.69, 9.17) is 0 Å². The number of nitro groups is 1. The molecular weight excluding hydrogens is 246 g/mol. The number of hydrogen-bond acceptors (Lipinski definition) is 5. The molecule has 0 atom stereocenters. The normalized spacial score (nSPS) is 10.4. The van der Waals surface area contributed by atoms with E-state index >= 15 is 0 Å². The van der Waals surface area contributed by atoms with Crippen LogP contribution in [0, 0.1) is 17.0 Å². The number of aryl methyl sites for hydroxylation is 2. The van der Waals surface area contributed by atoms with Gasteiger partial charge in [0, 0.05) is 43.7 Å². The van der Waals surface area contributed by atoms with E-state index in [9.17, 15) is 10.1 Å². The standard InChI is InChI=1S/C12H15N5O2/c1-9-3-4-11(17(18)19)12(15-9)14-6-5-10-7-13-8-16(10)2/h3-4,7-8H,5-6H2,1-2H3,(H,14,15). The Morgan fingerprint density at radius 2 is 2.26 bits per heavy atom. The molecule has 0 aromatic carbocycles. The molecule has 0 amide bonds. The molecule has 0 spiro atoms. The van der Waals surface area contributed by atoms with E-state index in [1.54, 1.807) is 25.5 Å². The zero-order chi connectivity index (χ0) is 13.8. The Kier molecular flexibility index (Phi) is 3.74. The maximum absolute atomic E-state index is 10.9. The number of hydrogen-bond donors (Lipinski definition) is 1. The Labute approximate surface area is 110 Å². The van der Waals surface area contributed by atoms with Crippen LogP contribution in [-0.2, 0) is 13.5 Å². The minimum atomic E-state index is -0.432. The average molecular weight is 261 g/mol. The molecule has 2 heterocycles. The summed E-state index contributed by atoms with van der Waals surface area (Å²) in [5, 5.41) is 13.9. The summed E-state index contributed by atoms with van der Waals surface area (Å²) in [7, 11) is 1.91. The van der Waals surface area contributed by atoms with Gasteiger partial charge in [0.15, 0.2) is 0 Å². The van der Waals surface area contributed by atoms with Crippen molar-refractivity contribution < 1.29 is 4.92 Å². The van der Waals surface area contributed by atoms with Gasteiger partial charge < -0.3 is 9.88 Å². The van der Waals surface area contributed by atoms with E-state index in [0.717, 1.165) is 17.8 Å². The van der Waals surface area contributed by atoms with E-state index in [-0.39, 0.29) is 5.69 Å². The smallest absolute Gasteiger partial charge is 0.311 e. The third kappa shape index (κ3) is 3.06. The number of anilines is 1. The molecule has 0 aliphatic carbocycles. The van der Waals surface area contributed by atoms with Crippen LogP contribution >= 0.6 is 0 Å². The van der Waals surface area contributed by atoms with Crippen molar-refractivity contribution >= 4 is 11.5 Å². The van der Waals surface area contributed by atoms with Crippen LogP contribution in [0.15, 0.2) is 24.7 Å². The molecule has 0 unspecified atom stereocenters. The van der Waals surface area contributed by atoms with Gasteiger partial charge in [0.25, 0.3) is 0 Å². The van der Waals surface area contributed by atoms with Crippen LogP contribution < -0.4 is 5.32 Å². The van der Waals surface area contributed by atoms with Gasteiger partial charge in [-0.3, -0.25) is 10.1 Å². The zero-order valence-electron chi connectivity index (χ0n) is 10.8. The highest BCUT2D eigenvalue weighted by atomic mass is 16.6. The fourth-order valence-corrected chi connectivity index (χ4v) is 1.76. The lowest BCUT2D eigenvalue weighted by molar-refractivity contribution is -0.384. The maximum atomic E-state index is 10.9. The van der Waals surface area contributed by atoms with Crippen molar-refractivity contribution in [1.82, 2.24) is 14.5 Å². The summed E-state index contributed by atoms with van der Waals surface area (Å²) in [6, 6.07) is 3.10. The van der Waals surface area contributed by atoms with Gasteiger partial charge >= 0.3 is 5.69 Å². The molecule has 0 fully saturated rings. The summed E-state index contributed by atoms with van der Waals surface area (Å²) < 4.78 is 1.92. The first-order valence-corrected chi connectivity index (χ1v) is 5.89. The van der Waals surface area contributed by atoms with Crippen molar-refractivity contribution in [3.8, 4) is 0 Å². The molecule has 0 bridgehead atoms. The van der Waals surface area contributed by atoms with Crippen molar-refractivity contribution in [3.05, 3.63) is 46.2 Å². The van der Waals surface area contributed by atoms with Crippen LogP contribution in [0.3, 0.4) is 0 Å². The number of aromatic nitrogens is 3. The highest BCUT2D eigenvalue weighted by Crippen LogP contribution is 2.21. The van der Waals surface area contributed by atoms with Gasteiger partial charge in [-0.2, -0.15) is 0 Å². The van der Waals surface area contributed by atoms with Gasteiger partial charge in [-0.05, 0) is 13.0 Å². The lowest BCUT2D eigenvalue weighted by Crippen LogP contribution is -2.10. The van der Waals surface area contributed by atoms with Gasteiger partial charge in [-0.15, -0.1) is 0 Å². The van der Waals surface area contributed by atoms with Crippen molar-refractivity contribution in [2.24, 2.45) is 7.05 Å². The molecule has 0 saturated carbocycles. The molecule has 19 heavy (non-hydrogen) atoms. The summed E-state index contributed by atoms with van der Waals surface area (Å²) >= 11 is 0. The van der Waals surface area contributed by atoms with Gasteiger partial charge in [0.05, 0.1) is 11.3 Å². The van der Waals surface area contributed by atoms with Gasteiger partial charge in [0.1, 0.15) is 0 Å². The minimum absolute atomic E-state index is 0.00407. The van der Waals surface area contributed by atoms with Crippen LogP contribution in [-0.4, -0.2) is 26.0 Å². The van der Waals surface area contributed by atoms with Crippen LogP contribution in [0.2, 0.25) is 0 Å². The predicted octanol–water partition coefficient (Wildman–Crippen LogP) is 1.69. The molecule has 1 N–H and O–H groups in total. The lowest BCUT2D eigenvalue weighted by atomic mass is 10.3. The first kappa shape index (κ1) is 13.0. The van der Waals surface area contributed by atoms with Gasteiger partial charge in [0.2, 0.25) is 5.82 Å². The SMILES string of the molecule is Cc1ccc([N+](=O)[O-])c(NCCc2cncn2C)n1. The topological polar surface area (TPSA) is 85.9 Å². The van der Waals surface area contributed by atoms with Gasteiger partial charge in [-0.1, -0.05) is 0 Å². The highest BCUT2D eigenvalue weighted by Gasteiger charge is 2.14. The number of nitrogens with zero attached hydrogens (tertiary/aromatic N) is 4. The van der Waals surface area contributed by atoms with E-state index in [1.807, 2.05) is 11.6 Å². The fraction of sp³-hybridized carbons (Fsp3) is 0.333. The van der Waals surface area contributed by atoms with Crippen LogP contribution in [0.5, 0.6) is 0 Å². The van der Waals surface area contributed by atoms with Crippen molar-refractivity contribution in [1.29, 1.82) is 0 Å². The van der Waals surface area contributed by atoms with Crippen LogP contribution in [0.4, 0.5) is 11.5 Å². The third-order valence-corrected chi connectivity index (χ3v) is 2.80. The second-order valence-electron chi connectivity index (χ2n) is 4.25. The molecule has 0 aliphatic heterocycles. The molecule has 0 aliphatic rings. The van der Waals surface area contributed by atoms with Crippen molar-refractivity contribution in [2.45, 2.75) is 13.3 Å². The molecule has 7 heteroatoms. The number of imidazole rings is 1. The summed E-state index contributed by atoms with van der Waals surface area (Å²) in [5.41, 5.74) is 1.80. The molecule has 2 aromatic heterocycles. The quantitative estimate of drug-likeness (QED) is 0.653. The summed E-state index contributed by atoms with van der Waals surface area (Å²) in [5.74, 6) is 0.312. The Balaban J connectivity index is 2.05. The fourth-order valence-electron chi connectivity index (χ4n) is 1.76. The van der Waals surface area contributed by atoms with Crippen molar-refractivity contribution in [3.63, 3.8) is 0 Å². The third-order valence-electron chi connectivity index (χ3n) is 2.80. The van der Waals surface area contributed by atoms with E-state index in [1.165, 1.54) is 6.07 Å². The molecule has 0 saturated heterocycles. The maximum Gasteiger partial charge on any atom is 0.311 e. The number of pyridine rings is 1. The van der Waals surface area contributed by atoms with E-state index < -0.39 is 4.92 Å². The summed E-state index contributed by atoms with van der Waals surface area (Å²) in [6.07, 6.45) is 4.23. The largest absolute Gasteiger partial charge is 0.364 e. The second-order valence-corrected chi connectivity index (χ2v) is 4.25. The highest BCUT2D eigenvalue weighted by molar-refractivity contribution is 5.56. The molecule has 7 nitrogen and oxygen atoms in total. The minimum Gasteiger partial charge on any atom is -0.364 e. The molecule has 0 radical (unpaired) electrons. The summed E-state index contributed by atoms with van der Waals surface area (Å²) in [4.78, 5) is 18.6. The number of nitrogens with one attached hydrogen (secondary N) is 1. The molecule has 100 valence electrons. The zero-order valence-corrected chi connectivity index (χ0v) is 10.8. The Hall–Kier alpha value is -2.44. The first-order chi connectivity index (χ1) is 9.08.